The van der Waals surface area contributed by atoms with Crippen molar-refractivity contribution in [2.45, 2.75) is 39.8 Å². The molecule has 0 aliphatic rings. The molecule has 1 atom stereocenters. The van der Waals surface area contributed by atoms with Crippen LogP contribution in [0.1, 0.15) is 37.4 Å². The van der Waals surface area contributed by atoms with E-state index in [1.54, 1.807) is 26.0 Å². The molecule has 1 aromatic heterocycles. The third kappa shape index (κ3) is 4.14. The SMILES string of the molecule is CC(C)OC(=O)[C@@H](NC(=O)c1cccs1)C(C)C. The average molecular weight is 269 g/mol. The molecule has 4 nitrogen and oxygen atoms in total. The second-order valence-electron chi connectivity index (χ2n) is 4.66. The molecule has 0 aromatic carbocycles. The number of ether oxygens (including phenoxy) is 1. The molecule has 0 bridgehead atoms. The minimum absolute atomic E-state index is 0.0137. The van der Waals surface area contributed by atoms with Crippen molar-refractivity contribution in [3.05, 3.63) is 22.4 Å². The Balaban J connectivity index is 2.69. The van der Waals surface area contributed by atoms with Gasteiger partial charge < -0.3 is 10.1 Å². The lowest BCUT2D eigenvalue weighted by atomic mass is 10.0. The molecular weight excluding hydrogens is 250 g/mol. The molecule has 100 valence electrons. The summed E-state index contributed by atoms with van der Waals surface area (Å²) in [6.07, 6.45) is -0.183. The summed E-state index contributed by atoms with van der Waals surface area (Å²) in [5.41, 5.74) is 0. The van der Waals surface area contributed by atoms with Crippen molar-refractivity contribution in [3.8, 4) is 0 Å². The van der Waals surface area contributed by atoms with Crippen LogP contribution in [0.2, 0.25) is 0 Å². The fourth-order valence-electron chi connectivity index (χ4n) is 1.42. The standard InChI is InChI=1S/C13H19NO3S/c1-8(2)11(13(16)17-9(3)4)14-12(15)10-6-5-7-18-10/h5-9,11H,1-4H3,(H,14,15)/t11-/m0/s1. The van der Waals surface area contributed by atoms with Crippen molar-refractivity contribution in [3.63, 3.8) is 0 Å². The van der Waals surface area contributed by atoms with Gasteiger partial charge >= 0.3 is 5.97 Å². The zero-order chi connectivity index (χ0) is 13.7. The van der Waals surface area contributed by atoms with E-state index in [0.29, 0.717) is 4.88 Å². The van der Waals surface area contributed by atoms with Crippen LogP contribution in [0.25, 0.3) is 0 Å². The van der Waals surface area contributed by atoms with Gasteiger partial charge in [0.05, 0.1) is 11.0 Å². The van der Waals surface area contributed by atoms with Gasteiger partial charge in [0.25, 0.3) is 5.91 Å². The van der Waals surface area contributed by atoms with E-state index in [0.717, 1.165) is 0 Å². The lowest BCUT2D eigenvalue weighted by Gasteiger charge is -2.21. The van der Waals surface area contributed by atoms with Crippen molar-refractivity contribution in [2.24, 2.45) is 5.92 Å². The maximum Gasteiger partial charge on any atom is 0.329 e. The molecule has 0 spiro atoms. The van der Waals surface area contributed by atoms with Crippen LogP contribution in [-0.2, 0) is 9.53 Å². The Morgan fingerprint density at radius 3 is 2.39 bits per heavy atom. The van der Waals surface area contributed by atoms with Gasteiger partial charge in [-0.15, -0.1) is 11.3 Å². The van der Waals surface area contributed by atoms with Gasteiger partial charge in [0.2, 0.25) is 0 Å². The first-order valence-corrected chi connectivity index (χ1v) is 6.84. The van der Waals surface area contributed by atoms with E-state index >= 15 is 0 Å². The minimum atomic E-state index is -0.609. The van der Waals surface area contributed by atoms with Gasteiger partial charge in [0, 0.05) is 0 Å². The Bertz CT molecular complexity index is 398. The number of hydrogen-bond donors (Lipinski definition) is 1. The van der Waals surface area contributed by atoms with Crippen molar-refractivity contribution in [1.82, 2.24) is 5.32 Å². The molecule has 18 heavy (non-hydrogen) atoms. The van der Waals surface area contributed by atoms with E-state index in [9.17, 15) is 9.59 Å². The van der Waals surface area contributed by atoms with E-state index in [-0.39, 0.29) is 23.9 Å². The Morgan fingerprint density at radius 1 is 1.28 bits per heavy atom. The largest absolute Gasteiger partial charge is 0.461 e. The highest BCUT2D eigenvalue weighted by molar-refractivity contribution is 7.12. The van der Waals surface area contributed by atoms with Crippen molar-refractivity contribution < 1.29 is 14.3 Å². The van der Waals surface area contributed by atoms with Crippen LogP contribution >= 0.6 is 11.3 Å². The van der Waals surface area contributed by atoms with Gasteiger partial charge in [-0.25, -0.2) is 4.79 Å². The number of esters is 1. The van der Waals surface area contributed by atoms with Gasteiger partial charge in [0.15, 0.2) is 0 Å². The number of rotatable bonds is 5. The lowest BCUT2D eigenvalue weighted by molar-refractivity contribution is -0.150. The van der Waals surface area contributed by atoms with Crippen molar-refractivity contribution in [1.29, 1.82) is 0 Å². The number of amides is 1. The molecule has 1 N–H and O–H groups in total. The van der Waals surface area contributed by atoms with Crippen LogP contribution in [-0.4, -0.2) is 24.0 Å². The summed E-state index contributed by atoms with van der Waals surface area (Å²) in [5, 5.41) is 4.55. The summed E-state index contributed by atoms with van der Waals surface area (Å²) in [6.45, 7) is 7.33. The summed E-state index contributed by atoms with van der Waals surface area (Å²) >= 11 is 1.35. The second kappa shape index (κ2) is 6.54. The number of nitrogens with one attached hydrogen (secondary N) is 1. The smallest absolute Gasteiger partial charge is 0.329 e. The van der Waals surface area contributed by atoms with E-state index < -0.39 is 6.04 Å². The van der Waals surface area contributed by atoms with E-state index in [2.05, 4.69) is 5.32 Å². The Labute approximate surface area is 111 Å². The minimum Gasteiger partial charge on any atom is -0.461 e. The molecule has 0 radical (unpaired) electrons. The summed E-state index contributed by atoms with van der Waals surface area (Å²) in [6, 6.07) is 2.92. The third-order valence-electron chi connectivity index (χ3n) is 2.30. The summed E-state index contributed by atoms with van der Waals surface area (Å²) in [7, 11) is 0. The Morgan fingerprint density at radius 2 is 1.94 bits per heavy atom. The Hall–Kier alpha value is -1.36. The van der Waals surface area contributed by atoms with Crippen LogP contribution in [0.15, 0.2) is 17.5 Å². The summed E-state index contributed by atoms with van der Waals surface area (Å²) < 4.78 is 5.14. The predicted molar refractivity (Wildman–Crippen MR) is 71.6 cm³/mol. The Kier molecular flexibility index (Phi) is 5.34. The predicted octanol–water partition coefficient (Wildman–Crippen LogP) is 2.45. The molecule has 0 aliphatic carbocycles. The zero-order valence-corrected chi connectivity index (χ0v) is 11.9. The van der Waals surface area contributed by atoms with Gasteiger partial charge in [-0.05, 0) is 31.2 Å². The van der Waals surface area contributed by atoms with Crippen LogP contribution in [0, 0.1) is 5.92 Å². The molecule has 0 aliphatic heterocycles. The first kappa shape index (κ1) is 14.7. The zero-order valence-electron chi connectivity index (χ0n) is 11.1. The molecule has 0 saturated carbocycles. The van der Waals surface area contributed by atoms with E-state index in [1.807, 2.05) is 19.2 Å². The van der Waals surface area contributed by atoms with Crippen molar-refractivity contribution in [2.75, 3.05) is 0 Å². The molecule has 5 heteroatoms. The van der Waals surface area contributed by atoms with Crippen molar-refractivity contribution >= 4 is 23.2 Å². The maximum atomic E-state index is 11.9. The van der Waals surface area contributed by atoms with Crippen LogP contribution < -0.4 is 5.32 Å². The number of hydrogen-bond acceptors (Lipinski definition) is 4. The van der Waals surface area contributed by atoms with E-state index in [1.165, 1.54) is 11.3 Å². The molecular formula is C13H19NO3S. The summed E-state index contributed by atoms with van der Waals surface area (Å²) in [4.78, 5) is 24.4. The van der Waals surface area contributed by atoms with Crippen LogP contribution in [0.3, 0.4) is 0 Å². The number of carbonyl (C=O) groups is 2. The van der Waals surface area contributed by atoms with E-state index in [4.69, 9.17) is 4.74 Å². The molecule has 1 heterocycles. The van der Waals surface area contributed by atoms with Gasteiger partial charge in [-0.1, -0.05) is 19.9 Å². The molecule has 0 unspecified atom stereocenters. The quantitative estimate of drug-likeness (QED) is 0.835. The highest BCUT2D eigenvalue weighted by Crippen LogP contribution is 2.11. The molecule has 1 aromatic rings. The normalized spacial score (nSPS) is 12.6. The topological polar surface area (TPSA) is 55.4 Å². The second-order valence-corrected chi connectivity index (χ2v) is 5.61. The average Bonchev–Trinajstić information content (AvgIpc) is 2.77. The number of thiophene rings is 1. The molecule has 0 fully saturated rings. The monoisotopic (exact) mass is 269 g/mol. The lowest BCUT2D eigenvalue weighted by Crippen LogP contribution is -2.45. The molecule has 1 amide bonds. The molecule has 0 saturated heterocycles. The third-order valence-corrected chi connectivity index (χ3v) is 3.17. The fourth-order valence-corrected chi connectivity index (χ4v) is 2.05. The maximum absolute atomic E-state index is 11.9. The highest BCUT2D eigenvalue weighted by Gasteiger charge is 2.26. The van der Waals surface area contributed by atoms with Gasteiger partial charge in [-0.2, -0.15) is 0 Å². The molecule has 1 rings (SSSR count). The van der Waals surface area contributed by atoms with Gasteiger partial charge in [0.1, 0.15) is 6.04 Å². The highest BCUT2D eigenvalue weighted by atomic mass is 32.1. The van der Waals surface area contributed by atoms with Crippen LogP contribution in [0.5, 0.6) is 0 Å². The first-order valence-electron chi connectivity index (χ1n) is 5.96. The summed E-state index contributed by atoms with van der Waals surface area (Å²) in [5.74, 6) is -0.630. The van der Waals surface area contributed by atoms with Crippen LogP contribution in [0.4, 0.5) is 0 Å². The number of carbonyl (C=O) groups excluding carboxylic acids is 2. The fraction of sp³-hybridized carbons (Fsp3) is 0.538. The van der Waals surface area contributed by atoms with Gasteiger partial charge in [-0.3, -0.25) is 4.79 Å². The first-order chi connectivity index (χ1) is 8.41.